The van der Waals surface area contributed by atoms with Gasteiger partial charge < -0.3 is 10.1 Å². The summed E-state index contributed by atoms with van der Waals surface area (Å²) in [6, 6.07) is 8.67. The summed E-state index contributed by atoms with van der Waals surface area (Å²) in [5, 5.41) is 3.20. The van der Waals surface area contributed by atoms with E-state index in [1.165, 1.54) is 50.5 Å². The molecule has 0 aromatic heterocycles. The third-order valence-corrected chi connectivity index (χ3v) is 4.25. The standard InChI is InChI=1S/C18H29NO/c1-19-13-6-5-8-16-11-7-12-18(14-16)20-15-17-9-3-2-4-10-17/h7,11-12,14,17,19H,2-6,8-10,13,15H2,1H3. The molecule has 0 heterocycles. The van der Waals surface area contributed by atoms with Crippen molar-refractivity contribution in [3.8, 4) is 5.75 Å². The first-order valence-corrected chi connectivity index (χ1v) is 8.25. The molecule has 2 rings (SSSR count). The van der Waals surface area contributed by atoms with Crippen molar-refractivity contribution in [1.29, 1.82) is 0 Å². The molecule has 1 fully saturated rings. The van der Waals surface area contributed by atoms with Crippen LogP contribution < -0.4 is 10.1 Å². The minimum atomic E-state index is 0.781. The second-order valence-corrected chi connectivity index (χ2v) is 6.02. The van der Waals surface area contributed by atoms with E-state index in [0.29, 0.717) is 0 Å². The lowest BCUT2D eigenvalue weighted by molar-refractivity contribution is 0.208. The number of hydrogen-bond donors (Lipinski definition) is 1. The molecule has 1 aromatic carbocycles. The predicted molar refractivity (Wildman–Crippen MR) is 85.4 cm³/mol. The number of aryl methyl sites for hydroxylation is 1. The minimum Gasteiger partial charge on any atom is -0.493 e. The SMILES string of the molecule is CNCCCCc1cccc(OCC2CCCCC2)c1. The Morgan fingerprint density at radius 1 is 1.15 bits per heavy atom. The van der Waals surface area contributed by atoms with Crippen molar-refractivity contribution in [3.63, 3.8) is 0 Å². The zero-order chi connectivity index (χ0) is 14.0. The Balaban J connectivity index is 1.73. The molecule has 1 saturated carbocycles. The summed E-state index contributed by atoms with van der Waals surface area (Å²) in [6.07, 6.45) is 10.5. The first-order chi connectivity index (χ1) is 9.88. The molecule has 0 saturated heterocycles. The van der Waals surface area contributed by atoms with Gasteiger partial charge in [-0.2, -0.15) is 0 Å². The molecule has 0 spiro atoms. The van der Waals surface area contributed by atoms with E-state index >= 15 is 0 Å². The Hall–Kier alpha value is -1.02. The Kier molecular flexibility index (Phi) is 6.93. The van der Waals surface area contributed by atoms with Crippen LogP contribution in [0.5, 0.6) is 5.75 Å². The smallest absolute Gasteiger partial charge is 0.119 e. The predicted octanol–water partition coefficient (Wildman–Crippen LogP) is 4.19. The van der Waals surface area contributed by atoms with E-state index in [1.807, 2.05) is 7.05 Å². The second-order valence-electron chi connectivity index (χ2n) is 6.02. The Morgan fingerprint density at radius 2 is 2.00 bits per heavy atom. The summed E-state index contributed by atoms with van der Waals surface area (Å²) in [4.78, 5) is 0. The van der Waals surface area contributed by atoms with E-state index < -0.39 is 0 Å². The quantitative estimate of drug-likeness (QED) is 0.718. The Bertz CT molecular complexity index is 371. The van der Waals surface area contributed by atoms with Gasteiger partial charge in [0.2, 0.25) is 0 Å². The highest BCUT2D eigenvalue weighted by Gasteiger charge is 2.13. The van der Waals surface area contributed by atoms with Gasteiger partial charge in [0.1, 0.15) is 5.75 Å². The van der Waals surface area contributed by atoms with Crippen LogP contribution in [0.2, 0.25) is 0 Å². The van der Waals surface area contributed by atoms with Crippen molar-refractivity contribution < 1.29 is 4.74 Å². The van der Waals surface area contributed by atoms with E-state index in [9.17, 15) is 0 Å². The maximum atomic E-state index is 6.00. The van der Waals surface area contributed by atoms with Crippen LogP contribution in [0.3, 0.4) is 0 Å². The molecule has 2 nitrogen and oxygen atoms in total. The van der Waals surface area contributed by atoms with E-state index in [1.54, 1.807) is 0 Å². The molecule has 20 heavy (non-hydrogen) atoms. The topological polar surface area (TPSA) is 21.3 Å². The molecular weight excluding hydrogens is 246 g/mol. The molecule has 1 aliphatic carbocycles. The van der Waals surface area contributed by atoms with Gasteiger partial charge in [0, 0.05) is 0 Å². The molecule has 0 bridgehead atoms. The maximum absolute atomic E-state index is 6.00. The highest BCUT2D eigenvalue weighted by molar-refractivity contribution is 5.28. The summed E-state index contributed by atoms with van der Waals surface area (Å²) >= 11 is 0. The summed E-state index contributed by atoms with van der Waals surface area (Å²) < 4.78 is 6.00. The zero-order valence-electron chi connectivity index (χ0n) is 12.9. The molecule has 0 unspecified atom stereocenters. The number of hydrogen-bond acceptors (Lipinski definition) is 2. The van der Waals surface area contributed by atoms with Crippen molar-refractivity contribution >= 4 is 0 Å². The van der Waals surface area contributed by atoms with E-state index in [2.05, 4.69) is 29.6 Å². The van der Waals surface area contributed by atoms with Crippen molar-refractivity contribution in [1.82, 2.24) is 5.32 Å². The van der Waals surface area contributed by atoms with Crippen LogP contribution in [-0.2, 0) is 6.42 Å². The number of nitrogens with one attached hydrogen (secondary N) is 1. The van der Waals surface area contributed by atoms with Crippen molar-refractivity contribution in [3.05, 3.63) is 29.8 Å². The van der Waals surface area contributed by atoms with Gasteiger partial charge in [0.15, 0.2) is 0 Å². The Morgan fingerprint density at radius 3 is 2.80 bits per heavy atom. The van der Waals surface area contributed by atoms with Crippen LogP contribution in [0.15, 0.2) is 24.3 Å². The average molecular weight is 275 g/mol. The van der Waals surface area contributed by atoms with E-state index in [0.717, 1.165) is 31.2 Å². The fraction of sp³-hybridized carbons (Fsp3) is 0.667. The van der Waals surface area contributed by atoms with Gasteiger partial charge in [0.05, 0.1) is 6.61 Å². The summed E-state index contributed by atoms with van der Waals surface area (Å²) in [5.41, 5.74) is 1.40. The van der Waals surface area contributed by atoms with Gasteiger partial charge in [-0.1, -0.05) is 31.4 Å². The number of benzene rings is 1. The third kappa shape index (κ3) is 5.54. The molecule has 0 radical (unpaired) electrons. The van der Waals surface area contributed by atoms with Crippen molar-refractivity contribution in [2.45, 2.75) is 51.4 Å². The van der Waals surface area contributed by atoms with Gasteiger partial charge in [-0.3, -0.25) is 0 Å². The summed E-state index contributed by atoms with van der Waals surface area (Å²) in [7, 11) is 2.01. The fourth-order valence-corrected chi connectivity index (χ4v) is 2.99. The summed E-state index contributed by atoms with van der Waals surface area (Å²) in [5.74, 6) is 1.84. The zero-order valence-corrected chi connectivity index (χ0v) is 12.9. The van der Waals surface area contributed by atoms with Gasteiger partial charge >= 0.3 is 0 Å². The Labute approximate surface area is 123 Å². The van der Waals surface area contributed by atoms with Crippen molar-refractivity contribution in [2.24, 2.45) is 5.92 Å². The third-order valence-electron chi connectivity index (χ3n) is 4.25. The second kappa shape index (κ2) is 9.02. The van der Waals surface area contributed by atoms with Crippen LogP contribution in [0, 0.1) is 5.92 Å². The maximum Gasteiger partial charge on any atom is 0.119 e. The molecule has 1 aromatic rings. The highest BCUT2D eigenvalue weighted by atomic mass is 16.5. The highest BCUT2D eigenvalue weighted by Crippen LogP contribution is 2.25. The van der Waals surface area contributed by atoms with Crippen LogP contribution in [0.25, 0.3) is 0 Å². The molecule has 112 valence electrons. The normalized spacial score (nSPS) is 16.2. The minimum absolute atomic E-state index is 0.781. The molecule has 2 heteroatoms. The van der Waals surface area contributed by atoms with Crippen LogP contribution in [0.4, 0.5) is 0 Å². The van der Waals surface area contributed by atoms with Gasteiger partial charge in [0.25, 0.3) is 0 Å². The lowest BCUT2D eigenvalue weighted by Gasteiger charge is -2.21. The average Bonchev–Trinajstić information content (AvgIpc) is 2.51. The largest absolute Gasteiger partial charge is 0.493 e. The van der Waals surface area contributed by atoms with Crippen LogP contribution in [0.1, 0.15) is 50.5 Å². The number of rotatable bonds is 8. The molecule has 1 N–H and O–H groups in total. The molecule has 0 amide bonds. The lowest BCUT2D eigenvalue weighted by Crippen LogP contribution is -2.15. The van der Waals surface area contributed by atoms with E-state index in [4.69, 9.17) is 4.74 Å². The summed E-state index contributed by atoms with van der Waals surface area (Å²) in [6.45, 7) is 2.01. The number of unbranched alkanes of at least 4 members (excludes halogenated alkanes) is 1. The van der Waals surface area contributed by atoms with Gasteiger partial charge in [-0.15, -0.1) is 0 Å². The molecular formula is C18H29NO. The van der Waals surface area contributed by atoms with Crippen LogP contribution in [-0.4, -0.2) is 20.2 Å². The molecule has 1 aliphatic rings. The fourth-order valence-electron chi connectivity index (χ4n) is 2.99. The monoisotopic (exact) mass is 275 g/mol. The van der Waals surface area contributed by atoms with E-state index in [-0.39, 0.29) is 0 Å². The van der Waals surface area contributed by atoms with Crippen molar-refractivity contribution in [2.75, 3.05) is 20.2 Å². The molecule has 0 aliphatic heterocycles. The lowest BCUT2D eigenvalue weighted by atomic mass is 9.90. The van der Waals surface area contributed by atoms with Gasteiger partial charge in [-0.25, -0.2) is 0 Å². The van der Waals surface area contributed by atoms with Crippen LogP contribution >= 0.6 is 0 Å². The van der Waals surface area contributed by atoms with Gasteiger partial charge in [-0.05, 0) is 69.3 Å². The first-order valence-electron chi connectivity index (χ1n) is 8.25. The number of ether oxygens (including phenoxy) is 1. The first kappa shape index (κ1) is 15.4. The molecule has 0 atom stereocenters.